The third kappa shape index (κ3) is 9.36. The standard InChI is InChI=1S/C20H36N2O4/c1-4-18(23)11-5-6-12-20(25-13-8-14-26-20)15-17(22-19(21)24)10-7-9-16(2)3/h5,9,11,17-18,23H,4,6-8,10,12-15H2,1-3H3,(H3,21,22,24)/b11-5-/t17-,18?/m0/s1/i23T. The number of hydrogen-bond acceptors (Lipinski definition) is 4. The van der Waals surface area contributed by atoms with Crippen molar-refractivity contribution in [1.82, 2.24) is 5.32 Å². The minimum Gasteiger partial charge on any atom is -0.389 e. The average Bonchev–Trinajstić information content (AvgIpc) is 2.62. The molecule has 150 valence electrons. The second kappa shape index (κ2) is 12.1. The van der Waals surface area contributed by atoms with Crippen LogP contribution >= 0.6 is 0 Å². The zero-order chi connectivity index (χ0) is 20.1. The number of urea groups is 1. The molecule has 1 unspecified atom stereocenters. The number of carbonyl (C=O) groups is 1. The molecule has 1 saturated heterocycles. The summed E-state index contributed by atoms with van der Waals surface area (Å²) in [4.78, 5) is 11.4. The number of rotatable bonds is 12. The topological polar surface area (TPSA) is 93.8 Å². The Morgan fingerprint density at radius 2 is 2.12 bits per heavy atom. The van der Waals surface area contributed by atoms with Gasteiger partial charge in [0.2, 0.25) is 1.43 Å². The SMILES string of the molecule is [3H]OC(/C=C\CCC1(C[C@H](CCC=C(C)C)NC(N)=O)OCCCO1)CC. The fraction of sp³-hybridized carbons (Fsp3) is 0.750. The first-order valence-corrected chi connectivity index (χ1v) is 9.66. The van der Waals surface area contributed by atoms with E-state index in [-0.39, 0.29) is 12.1 Å². The Balaban J connectivity index is 2.72. The molecule has 0 radical (unpaired) electrons. The smallest absolute Gasteiger partial charge is 0.312 e. The second-order valence-corrected chi connectivity index (χ2v) is 7.14. The lowest BCUT2D eigenvalue weighted by Gasteiger charge is -2.39. The molecule has 0 aromatic rings. The molecule has 6 heteroatoms. The molecule has 1 fully saturated rings. The lowest BCUT2D eigenvalue weighted by molar-refractivity contribution is -0.275. The summed E-state index contributed by atoms with van der Waals surface area (Å²) in [5, 5.41) is 7.46. The van der Waals surface area contributed by atoms with E-state index in [0.29, 0.717) is 26.1 Å². The summed E-state index contributed by atoms with van der Waals surface area (Å²) in [6.07, 6.45) is 11.1. The van der Waals surface area contributed by atoms with E-state index in [2.05, 4.69) is 30.3 Å². The largest absolute Gasteiger partial charge is 0.389 e. The highest BCUT2D eigenvalue weighted by Gasteiger charge is 2.36. The van der Waals surface area contributed by atoms with Crippen molar-refractivity contribution in [2.45, 2.75) is 83.6 Å². The van der Waals surface area contributed by atoms with Gasteiger partial charge in [-0.2, -0.15) is 0 Å². The number of primary amides is 1. The molecule has 2 atom stereocenters. The van der Waals surface area contributed by atoms with E-state index in [1.807, 2.05) is 19.1 Å². The van der Waals surface area contributed by atoms with Gasteiger partial charge in [-0.1, -0.05) is 30.7 Å². The monoisotopic (exact) mass is 370 g/mol. The van der Waals surface area contributed by atoms with Crippen molar-refractivity contribution in [3.63, 3.8) is 0 Å². The van der Waals surface area contributed by atoms with Crippen LogP contribution in [0.4, 0.5) is 4.79 Å². The van der Waals surface area contributed by atoms with Gasteiger partial charge in [0, 0.05) is 18.9 Å². The first-order valence-electron chi connectivity index (χ1n) is 10.1. The Bertz CT molecular complexity index is 482. The molecule has 6 nitrogen and oxygen atoms in total. The van der Waals surface area contributed by atoms with Gasteiger partial charge < -0.3 is 25.6 Å². The van der Waals surface area contributed by atoms with Crippen LogP contribution in [0.15, 0.2) is 23.8 Å². The maximum absolute atomic E-state index is 11.4. The Morgan fingerprint density at radius 3 is 2.69 bits per heavy atom. The maximum atomic E-state index is 11.4. The zero-order valence-electron chi connectivity index (χ0n) is 17.5. The van der Waals surface area contributed by atoms with E-state index in [4.69, 9.17) is 16.6 Å². The first-order chi connectivity index (χ1) is 12.9. The van der Waals surface area contributed by atoms with Crippen LogP contribution in [0.2, 0.25) is 0 Å². The third-order valence-corrected chi connectivity index (χ3v) is 4.44. The molecule has 26 heavy (non-hydrogen) atoms. The van der Waals surface area contributed by atoms with Gasteiger partial charge in [0.15, 0.2) is 5.79 Å². The van der Waals surface area contributed by atoms with E-state index in [9.17, 15) is 4.79 Å². The Labute approximate surface area is 159 Å². The van der Waals surface area contributed by atoms with Crippen molar-refractivity contribution in [3.05, 3.63) is 23.8 Å². The minimum absolute atomic E-state index is 0.111. The Hall–Kier alpha value is -1.37. The van der Waals surface area contributed by atoms with Crippen LogP contribution in [0, 0.1) is 0 Å². The Kier molecular flexibility index (Phi) is 9.74. The first kappa shape index (κ1) is 20.9. The quantitative estimate of drug-likeness (QED) is 0.459. The number of ether oxygens (including phenoxy) is 2. The fourth-order valence-corrected chi connectivity index (χ4v) is 3.04. The van der Waals surface area contributed by atoms with Crippen molar-refractivity contribution in [3.8, 4) is 0 Å². The summed E-state index contributed by atoms with van der Waals surface area (Å²) < 4.78 is 19.1. The molecule has 1 rings (SSSR count). The fourth-order valence-electron chi connectivity index (χ4n) is 3.04. The molecule has 1 heterocycles. The lowest BCUT2D eigenvalue weighted by Crippen LogP contribution is -2.48. The summed E-state index contributed by atoms with van der Waals surface area (Å²) in [5.74, 6) is -0.718. The molecular formula is C20H36N2O4. The highest BCUT2D eigenvalue weighted by atomic mass is 16.7. The van der Waals surface area contributed by atoms with Gasteiger partial charge in [0.05, 0.1) is 19.3 Å². The summed E-state index contributed by atoms with van der Waals surface area (Å²) >= 11 is 0. The molecule has 0 spiro atoms. The number of carbonyl (C=O) groups excluding carboxylic acids is 1. The maximum Gasteiger partial charge on any atom is 0.312 e. The molecule has 0 saturated carbocycles. The Morgan fingerprint density at radius 1 is 1.38 bits per heavy atom. The summed E-state index contributed by atoms with van der Waals surface area (Å²) in [6.45, 7) is 7.39. The second-order valence-electron chi connectivity index (χ2n) is 7.14. The van der Waals surface area contributed by atoms with Gasteiger partial charge in [-0.25, -0.2) is 4.79 Å². The van der Waals surface area contributed by atoms with Crippen molar-refractivity contribution in [1.29, 1.82) is 1.43 Å². The molecule has 0 aromatic carbocycles. The number of hydrogen-bond donors (Lipinski definition) is 3. The molecule has 0 aromatic heterocycles. The number of nitrogens with two attached hydrogens (primary N) is 1. The normalized spacial score (nSPS) is 19.6. The average molecular weight is 371 g/mol. The zero-order valence-corrected chi connectivity index (χ0v) is 16.5. The van der Waals surface area contributed by atoms with Crippen LogP contribution < -0.4 is 11.1 Å². The van der Waals surface area contributed by atoms with Crippen molar-refractivity contribution < 1.29 is 19.4 Å². The molecule has 2 amide bonds. The summed E-state index contributed by atoms with van der Waals surface area (Å²) in [7, 11) is 0. The molecule has 0 aliphatic carbocycles. The van der Waals surface area contributed by atoms with E-state index >= 15 is 0 Å². The highest BCUT2D eigenvalue weighted by Crippen LogP contribution is 2.31. The molecule has 4 N–H and O–H groups in total. The predicted molar refractivity (Wildman–Crippen MR) is 104 cm³/mol. The van der Waals surface area contributed by atoms with Gasteiger partial charge in [-0.3, -0.25) is 0 Å². The van der Waals surface area contributed by atoms with E-state index < -0.39 is 11.8 Å². The van der Waals surface area contributed by atoms with Gasteiger partial charge in [0.25, 0.3) is 0 Å². The van der Waals surface area contributed by atoms with Crippen LogP contribution in [0.3, 0.4) is 0 Å². The van der Waals surface area contributed by atoms with E-state index in [1.54, 1.807) is 0 Å². The van der Waals surface area contributed by atoms with E-state index in [1.165, 1.54) is 5.57 Å². The number of aliphatic hydroxyl groups is 1. The predicted octanol–water partition coefficient (Wildman–Crippen LogP) is 3.40. The van der Waals surface area contributed by atoms with Gasteiger partial charge >= 0.3 is 6.03 Å². The van der Waals surface area contributed by atoms with Gasteiger partial charge in [-0.05, 0) is 46.0 Å². The number of aliphatic hydroxyl groups excluding tert-OH is 1. The van der Waals surface area contributed by atoms with Crippen molar-refractivity contribution in [2.75, 3.05) is 13.2 Å². The molecule has 1 aliphatic heterocycles. The van der Waals surface area contributed by atoms with Crippen LogP contribution in [0.1, 0.15) is 65.7 Å². The molecule has 0 bridgehead atoms. The van der Waals surface area contributed by atoms with Crippen molar-refractivity contribution >= 4 is 6.03 Å². The van der Waals surface area contributed by atoms with E-state index in [0.717, 1.165) is 32.1 Å². The third-order valence-electron chi connectivity index (χ3n) is 4.44. The van der Waals surface area contributed by atoms with Crippen LogP contribution in [-0.2, 0) is 9.47 Å². The highest BCUT2D eigenvalue weighted by molar-refractivity contribution is 5.71. The number of allylic oxidation sites excluding steroid dienone is 3. The summed E-state index contributed by atoms with van der Waals surface area (Å²) in [6, 6.07) is -0.637. The van der Waals surface area contributed by atoms with Gasteiger partial charge in [0.1, 0.15) is 0 Å². The van der Waals surface area contributed by atoms with Crippen LogP contribution in [0.5, 0.6) is 0 Å². The number of nitrogens with one attached hydrogen (secondary N) is 1. The lowest BCUT2D eigenvalue weighted by atomic mass is 9.96. The summed E-state index contributed by atoms with van der Waals surface area (Å²) in [5.41, 5.74) is 6.62. The number of amides is 2. The minimum atomic E-state index is -0.718. The molecule has 1 aliphatic rings. The van der Waals surface area contributed by atoms with Crippen LogP contribution in [0.25, 0.3) is 0 Å². The molecular weight excluding hydrogens is 332 g/mol. The van der Waals surface area contributed by atoms with Gasteiger partial charge in [-0.15, -0.1) is 0 Å². The van der Waals surface area contributed by atoms with Crippen LogP contribution in [-0.4, -0.2) is 43.7 Å². The van der Waals surface area contributed by atoms with Crippen molar-refractivity contribution in [2.24, 2.45) is 5.73 Å².